The monoisotopic (exact) mass is 221 g/mol. The molecule has 1 aromatic carbocycles. The van der Waals surface area contributed by atoms with E-state index in [1.807, 2.05) is 38.2 Å². The smallest absolute Gasteiger partial charge is 0.319 e. The molecule has 0 heterocycles. The van der Waals surface area contributed by atoms with Crippen molar-refractivity contribution in [1.82, 2.24) is 10.6 Å². The quantitative estimate of drug-likeness (QED) is 0.711. The van der Waals surface area contributed by atoms with Crippen molar-refractivity contribution >= 4 is 11.7 Å². The Morgan fingerprint density at radius 2 is 2.19 bits per heavy atom. The van der Waals surface area contributed by atoms with E-state index in [-0.39, 0.29) is 6.03 Å². The first-order valence-corrected chi connectivity index (χ1v) is 5.54. The number of amides is 2. The molecule has 1 rings (SSSR count). The Labute approximate surface area is 96.4 Å². The molecule has 0 saturated heterocycles. The van der Waals surface area contributed by atoms with Gasteiger partial charge in [-0.2, -0.15) is 0 Å². The van der Waals surface area contributed by atoms with Crippen molar-refractivity contribution < 1.29 is 4.79 Å². The Bertz CT molecular complexity index is 339. The molecule has 0 aliphatic heterocycles. The van der Waals surface area contributed by atoms with Crippen molar-refractivity contribution in [3.63, 3.8) is 0 Å². The van der Waals surface area contributed by atoms with Crippen molar-refractivity contribution in [2.45, 2.75) is 19.9 Å². The second-order valence-electron chi connectivity index (χ2n) is 3.61. The van der Waals surface area contributed by atoms with E-state index in [1.54, 1.807) is 0 Å². The van der Waals surface area contributed by atoms with Gasteiger partial charge < -0.3 is 16.0 Å². The van der Waals surface area contributed by atoms with Crippen LogP contribution in [0, 0.1) is 0 Å². The molecule has 0 bridgehead atoms. The first-order chi connectivity index (χ1) is 7.76. The molecule has 0 atom stereocenters. The highest BCUT2D eigenvalue weighted by molar-refractivity contribution is 5.89. The number of carbonyl (C=O) groups excluding carboxylic acids is 1. The van der Waals surface area contributed by atoms with Crippen LogP contribution in [0.25, 0.3) is 0 Å². The number of carbonyl (C=O) groups is 1. The van der Waals surface area contributed by atoms with Crippen LogP contribution in [0.3, 0.4) is 0 Å². The maximum Gasteiger partial charge on any atom is 0.319 e. The highest BCUT2D eigenvalue weighted by atomic mass is 16.2. The Kier molecular flexibility index (Phi) is 5.36. The van der Waals surface area contributed by atoms with Crippen molar-refractivity contribution in [3.05, 3.63) is 29.8 Å². The minimum atomic E-state index is -0.150. The minimum absolute atomic E-state index is 0.150. The van der Waals surface area contributed by atoms with Gasteiger partial charge in [0.15, 0.2) is 0 Å². The Balaban J connectivity index is 2.52. The molecule has 0 radical (unpaired) electrons. The fourth-order valence-electron chi connectivity index (χ4n) is 1.38. The molecule has 0 aliphatic carbocycles. The van der Waals surface area contributed by atoms with Crippen LogP contribution in [0.15, 0.2) is 24.3 Å². The summed E-state index contributed by atoms with van der Waals surface area (Å²) in [6, 6.07) is 7.64. The molecular formula is C12H19N3O. The van der Waals surface area contributed by atoms with Gasteiger partial charge in [0.05, 0.1) is 0 Å². The van der Waals surface area contributed by atoms with E-state index in [1.165, 1.54) is 0 Å². The zero-order valence-corrected chi connectivity index (χ0v) is 9.84. The largest absolute Gasteiger partial charge is 0.338 e. The molecule has 0 aliphatic rings. The molecule has 0 fully saturated rings. The summed E-state index contributed by atoms with van der Waals surface area (Å²) < 4.78 is 0. The maximum absolute atomic E-state index is 11.4. The third-order valence-electron chi connectivity index (χ3n) is 2.10. The van der Waals surface area contributed by atoms with Crippen LogP contribution >= 0.6 is 0 Å². The molecular weight excluding hydrogens is 202 g/mol. The van der Waals surface area contributed by atoms with Gasteiger partial charge in [0.25, 0.3) is 0 Å². The van der Waals surface area contributed by atoms with Crippen LogP contribution in [0.2, 0.25) is 0 Å². The molecule has 0 spiro atoms. The lowest BCUT2D eigenvalue weighted by atomic mass is 10.2. The zero-order valence-electron chi connectivity index (χ0n) is 9.84. The van der Waals surface area contributed by atoms with Gasteiger partial charge in [-0.05, 0) is 31.2 Å². The summed E-state index contributed by atoms with van der Waals surface area (Å²) in [7, 11) is 1.90. The van der Waals surface area contributed by atoms with Gasteiger partial charge in [-0.15, -0.1) is 0 Å². The van der Waals surface area contributed by atoms with Gasteiger partial charge in [-0.1, -0.05) is 19.1 Å². The number of hydrogen-bond donors (Lipinski definition) is 3. The van der Waals surface area contributed by atoms with E-state index < -0.39 is 0 Å². The highest BCUT2D eigenvalue weighted by Gasteiger charge is 2.00. The SMILES string of the molecule is CCCNC(=O)Nc1cccc(CNC)c1. The number of benzene rings is 1. The first kappa shape index (κ1) is 12.5. The van der Waals surface area contributed by atoms with E-state index in [4.69, 9.17) is 0 Å². The second-order valence-corrected chi connectivity index (χ2v) is 3.61. The summed E-state index contributed by atoms with van der Waals surface area (Å²) in [5.41, 5.74) is 1.97. The molecule has 4 nitrogen and oxygen atoms in total. The molecule has 0 aromatic heterocycles. The van der Waals surface area contributed by atoms with Crippen LogP contribution in [-0.4, -0.2) is 19.6 Å². The van der Waals surface area contributed by atoms with E-state index in [0.29, 0.717) is 6.54 Å². The summed E-state index contributed by atoms with van der Waals surface area (Å²) in [5, 5.41) is 8.63. The van der Waals surface area contributed by atoms with Crippen molar-refractivity contribution in [1.29, 1.82) is 0 Å². The number of nitrogens with one attached hydrogen (secondary N) is 3. The Hall–Kier alpha value is -1.55. The summed E-state index contributed by atoms with van der Waals surface area (Å²) in [4.78, 5) is 11.4. The van der Waals surface area contributed by atoms with Gasteiger partial charge >= 0.3 is 6.03 Å². The summed E-state index contributed by atoms with van der Waals surface area (Å²) in [6.45, 7) is 3.52. The average Bonchev–Trinajstić information content (AvgIpc) is 2.27. The minimum Gasteiger partial charge on any atom is -0.338 e. The summed E-state index contributed by atoms with van der Waals surface area (Å²) in [5.74, 6) is 0. The molecule has 0 saturated carbocycles. The fraction of sp³-hybridized carbons (Fsp3) is 0.417. The van der Waals surface area contributed by atoms with Crippen molar-refractivity contribution in [2.75, 3.05) is 18.9 Å². The molecule has 2 amide bonds. The third kappa shape index (κ3) is 4.31. The van der Waals surface area contributed by atoms with E-state index in [9.17, 15) is 4.79 Å². The first-order valence-electron chi connectivity index (χ1n) is 5.54. The zero-order chi connectivity index (χ0) is 11.8. The maximum atomic E-state index is 11.4. The molecule has 0 unspecified atom stereocenters. The van der Waals surface area contributed by atoms with Gasteiger partial charge in [-0.25, -0.2) is 4.79 Å². The predicted molar refractivity (Wildman–Crippen MR) is 66.5 cm³/mol. The number of rotatable bonds is 5. The highest BCUT2D eigenvalue weighted by Crippen LogP contribution is 2.10. The molecule has 16 heavy (non-hydrogen) atoms. The standard InChI is InChI=1S/C12H19N3O/c1-3-7-14-12(16)15-11-6-4-5-10(8-11)9-13-2/h4-6,8,13H,3,7,9H2,1-2H3,(H2,14,15,16). The summed E-state index contributed by atoms with van der Waals surface area (Å²) in [6.07, 6.45) is 0.938. The molecule has 3 N–H and O–H groups in total. The molecule has 1 aromatic rings. The average molecular weight is 221 g/mol. The van der Waals surface area contributed by atoms with Crippen LogP contribution in [0.4, 0.5) is 10.5 Å². The van der Waals surface area contributed by atoms with E-state index in [0.717, 1.165) is 24.2 Å². The van der Waals surface area contributed by atoms with Crippen LogP contribution in [0.5, 0.6) is 0 Å². The topological polar surface area (TPSA) is 53.2 Å². The predicted octanol–water partition coefficient (Wildman–Crippen LogP) is 1.94. The van der Waals surface area contributed by atoms with Crippen molar-refractivity contribution in [2.24, 2.45) is 0 Å². The lowest BCUT2D eigenvalue weighted by molar-refractivity contribution is 0.252. The number of anilines is 1. The number of hydrogen-bond acceptors (Lipinski definition) is 2. The molecule has 88 valence electrons. The normalized spacial score (nSPS) is 9.88. The van der Waals surface area contributed by atoms with E-state index >= 15 is 0 Å². The summed E-state index contributed by atoms with van der Waals surface area (Å²) >= 11 is 0. The van der Waals surface area contributed by atoms with Crippen molar-refractivity contribution in [3.8, 4) is 0 Å². The fourth-order valence-corrected chi connectivity index (χ4v) is 1.38. The molecule has 4 heteroatoms. The Morgan fingerprint density at radius 1 is 1.38 bits per heavy atom. The lowest BCUT2D eigenvalue weighted by Crippen LogP contribution is -2.29. The van der Waals surface area contributed by atoms with Crippen LogP contribution < -0.4 is 16.0 Å². The third-order valence-corrected chi connectivity index (χ3v) is 2.10. The van der Waals surface area contributed by atoms with Gasteiger partial charge in [-0.3, -0.25) is 0 Å². The Morgan fingerprint density at radius 3 is 2.88 bits per heavy atom. The second kappa shape index (κ2) is 6.85. The van der Waals surface area contributed by atoms with Gasteiger partial charge in [0, 0.05) is 18.8 Å². The van der Waals surface area contributed by atoms with Gasteiger partial charge in [0.2, 0.25) is 0 Å². The van der Waals surface area contributed by atoms with Crippen LogP contribution in [-0.2, 0) is 6.54 Å². The van der Waals surface area contributed by atoms with Crippen LogP contribution in [0.1, 0.15) is 18.9 Å². The number of urea groups is 1. The lowest BCUT2D eigenvalue weighted by Gasteiger charge is -2.08. The van der Waals surface area contributed by atoms with E-state index in [2.05, 4.69) is 16.0 Å². The van der Waals surface area contributed by atoms with Gasteiger partial charge in [0.1, 0.15) is 0 Å².